The Balaban J connectivity index is 1.58. The Morgan fingerprint density at radius 1 is 1.11 bits per heavy atom. The average molecular weight is 385 g/mol. The summed E-state index contributed by atoms with van der Waals surface area (Å²) in [4.78, 5) is 25.2. The molecule has 0 fully saturated rings. The van der Waals surface area contributed by atoms with Crippen molar-refractivity contribution >= 4 is 29.2 Å². The number of hydrogen-bond donors (Lipinski definition) is 2. The first-order valence-electron chi connectivity index (χ1n) is 8.13. The van der Waals surface area contributed by atoms with E-state index in [0.717, 1.165) is 21.5 Å². The summed E-state index contributed by atoms with van der Waals surface area (Å²) in [5.41, 5.74) is 3.34. The van der Waals surface area contributed by atoms with Gasteiger partial charge in [0.15, 0.2) is 0 Å². The molecule has 9 heteroatoms. The predicted octanol–water partition coefficient (Wildman–Crippen LogP) is 2.96. The van der Waals surface area contributed by atoms with Crippen molar-refractivity contribution in [1.29, 1.82) is 0 Å². The lowest BCUT2D eigenvalue weighted by molar-refractivity contribution is -0.120. The molecular weight excluding hydrogens is 368 g/mol. The number of imide groups is 1. The number of carbonyl (C=O) groups is 2. The highest BCUT2D eigenvalue weighted by atomic mass is 35.5. The van der Waals surface area contributed by atoms with Gasteiger partial charge in [-0.25, -0.2) is 4.79 Å². The molecule has 1 aromatic heterocycles. The van der Waals surface area contributed by atoms with Gasteiger partial charge in [-0.15, -0.1) is 10.2 Å². The fraction of sp³-hybridized carbons (Fsp3) is 0.167. The number of amides is 3. The van der Waals surface area contributed by atoms with Gasteiger partial charge in [-0.1, -0.05) is 23.7 Å². The minimum absolute atomic E-state index is 0.235. The molecule has 3 aromatic rings. The predicted molar refractivity (Wildman–Crippen MR) is 101 cm³/mol. The highest BCUT2D eigenvalue weighted by molar-refractivity contribution is 6.30. The lowest BCUT2D eigenvalue weighted by Crippen LogP contribution is -2.37. The van der Waals surface area contributed by atoms with Crippen LogP contribution in [0.1, 0.15) is 11.1 Å². The second-order valence-corrected chi connectivity index (χ2v) is 6.34. The summed E-state index contributed by atoms with van der Waals surface area (Å²) in [6.45, 7) is 3.60. The van der Waals surface area contributed by atoms with Crippen LogP contribution in [0, 0.1) is 13.8 Å². The molecule has 0 bridgehead atoms. The number of anilines is 1. The molecule has 0 saturated heterocycles. The van der Waals surface area contributed by atoms with Crippen LogP contribution in [0.3, 0.4) is 0 Å². The number of benzene rings is 2. The molecule has 0 atom stereocenters. The number of carbonyl (C=O) groups excluding carboxylic acids is 2. The van der Waals surface area contributed by atoms with Crippen LogP contribution in [0.25, 0.3) is 11.4 Å². The van der Waals surface area contributed by atoms with Crippen molar-refractivity contribution in [2.45, 2.75) is 20.4 Å². The van der Waals surface area contributed by atoms with Crippen LogP contribution in [-0.4, -0.2) is 32.1 Å². The van der Waals surface area contributed by atoms with Gasteiger partial charge in [0.05, 0.1) is 0 Å². The van der Waals surface area contributed by atoms with E-state index in [-0.39, 0.29) is 6.54 Å². The number of nitrogens with zero attached hydrogens (tertiary/aromatic N) is 4. The van der Waals surface area contributed by atoms with Crippen LogP contribution in [-0.2, 0) is 11.3 Å². The zero-order valence-electron chi connectivity index (χ0n) is 14.7. The van der Waals surface area contributed by atoms with Crippen LogP contribution in [0.5, 0.6) is 0 Å². The molecule has 0 aliphatic rings. The lowest BCUT2D eigenvalue weighted by Gasteiger charge is -2.10. The molecule has 3 rings (SSSR count). The van der Waals surface area contributed by atoms with E-state index in [2.05, 4.69) is 26.0 Å². The highest BCUT2D eigenvalue weighted by Crippen LogP contribution is 2.18. The second-order valence-electron chi connectivity index (χ2n) is 5.90. The number of hydrogen-bond acceptors (Lipinski definition) is 5. The fourth-order valence-corrected chi connectivity index (χ4v) is 2.49. The van der Waals surface area contributed by atoms with E-state index >= 15 is 0 Å². The van der Waals surface area contributed by atoms with Crippen molar-refractivity contribution in [3.05, 3.63) is 58.6 Å². The van der Waals surface area contributed by atoms with Gasteiger partial charge in [-0.2, -0.15) is 4.80 Å². The van der Waals surface area contributed by atoms with E-state index < -0.39 is 11.9 Å². The van der Waals surface area contributed by atoms with Crippen molar-refractivity contribution in [3.63, 3.8) is 0 Å². The largest absolute Gasteiger partial charge is 0.325 e. The van der Waals surface area contributed by atoms with Gasteiger partial charge in [0.25, 0.3) is 5.91 Å². The summed E-state index contributed by atoms with van der Waals surface area (Å²) in [6, 6.07) is 11.8. The topological polar surface area (TPSA) is 102 Å². The molecule has 0 saturated carbocycles. The van der Waals surface area contributed by atoms with E-state index in [0.29, 0.717) is 16.5 Å². The van der Waals surface area contributed by atoms with Gasteiger partial charge >= 0.3 is 6.03 Å². The molecule has 0 unspecified atom stereocenters. The van der Waals surface area contributed by atoms with Crippen LogP contribution in [0.2, 0.25) is 5.02 Å². The molecule has 0 spiro atoms. The zero-order valence-corrected chi connectivity index (χ0v) is 15.5. The molecule has 8 nitrogen and oxygen atoms in total. The van der Waals surface area contributed by atoms with Gasteiger partial charge in [0, 0.05) is 16.3 Å². The van der Waals surface area contributed by atoms with Crippen molar-refractivity contribution in [1.82, 2.24) is 25.5 Å². The number of rotatable bonds is 4. The summed E-state index contributed by atoms with van der Waals surface area (Å²) in [6.07, 6.45) is 0. The summed E-state index contributed by atoms with van der Waals surface area (Å²) >= 11 is 5.85. The molecule has 0 radical (unpaired) electrons. The monoisotopic (exact) mass is 384 g/mol. The molecule has 138 valence electrons. The van der Waals surface area contributed by atoms with Gasteiger partial charge < -0.3 is 5.32 Å². The average Bonchev–Trinajstić information content (AvgIpc) is 3.07. The number of nitrogens with one attached hydrogen (secondary N) is 2. The van der Waals surface area contributed by atoms with E-state index in [4.69, 9.17) is 11.6 Å². The Hall–Kier alpha value is -3.26. The first kappa shape index (κ1) is 18.5. The Kier molecular flexibility index (Phi) is 5.46. The molecule has 2 aromatic carbocycles. The maximum absolute atomic E-state index is 12.0. The van der Waals surface area contributed by atoms with Gasteiger partial charge in [-0.3, -0.25) is 10.1 Å². The van der Waals surface area contributed by atoms with E-state index in [1.165, 1.54) is 0 Å². The second kappa shape index (κ2) is 7.96. The summed E-state index contributed by atoms with van der Waals surface area (Å²) < 4.78 is 0. The van der Waals surface area contributed by atoms with Crippen LogP contribution in [0.15, 0.2) is 42.5 Å². The minimum atomic E-state index is -0.619. The first-order chi connectivity index (χ1) is 12.9. The smallest absolute Gasteiger partial charge is 0.307 e. The standard InChI is InChI=1S/C18H17ClN6O2/c1-11-4-3-5-15(12(11)2)20-18(27)21-16(26)10-25-23-17(22-24-25)13-6-8-14(19)9-7-13/h3-9H,10H2,1-2H3,(H2,20,21,26,27). The molecule has 2 N–H and O–H groups in total. The number of halogens is 1. The molecule has 0 aliphatic heterocycles. The summed E-state index contributed by atoms with van der Waals surface area (Å²) in [7, 11) is 0. The molecule has 1 heterocycles. The third-order valence-corrected chi connectivity index (χ3v) is 4.20. The number of tetrazole rings is 1. The Labute approximate surface area is 160 Å². The molecular formula is C18H17ClN6O2. The van der Waals surface area contributed by atoms with E-state index in [1.54, 1.807) is 30.3 Å². The van der Waals surface area contributed by atoms with Crippen molar-refractivity contribution in [2.75, 3.05) is 5.32 Å². The third kappa shape index (κ3) is 4.68. The summed E-state index contributed by atoms with van der Waals surface area (Å²) in [5, 5.41) is 17.3. The number of aryl methyl sites for hydroxylation is 1. The molecule has 3 amide bonds. The maximum atomic E-state index is 12.0. The molecule has 27 heavy (non-hydrogen) atoms. The Morgan fingerprint density at radius 2 is 1.85 bits per heavy atom. The van der Waals surface area contributed by atoms with Crippen molar-refractivity contribution in [2.24, 2.45) is 0 Å². The van der Waals surface area contributed by atoms with E-state index in [9.17, 15) is 9.59 Å². The zero-order chi connectivity index (χ0) is 19.4. The fourth-order valence-electron chi connectivity index (χ4n) is 2.36. The number of aromatic nitrogens is 4. The van der Waals surface area contributed by atoms with Gasteiger partial charge in [0.2, 0.25) is 5.82 Å². The normalized spacial score (nSPS) is 10.5. The highest BCUT2D eigenvalue weighted by Gasteiger charge is 2.13. The quantitative estimate of drug-likeness (QED) is 0.720. The van der Waals surface area contributed by atoms with Crippen LogP contribution in [0.4, 0.5) is 10.5 Å². The Morgan fingerprint density at radius 3 is 2.59 bits per heavy atom. The van der Waals surface area contributed by atoms with E-state index in [1.807, 2.05) is 26.0 Å². The minimum Gasteiger partial charge on any atom is -0.307 e. The van der Waals surface area contributed by atoms with Crippen LogP contribution >= 0.6 is 11.6 Å². The first-order valence-corrected chi connectivity index (χ1v) is 8.51. The van der Waals surface area contributed by atoms with Crippen molar-refractivity contribution in [3.8, 4) is 11.4 Å². The van der Waals surface area contributed by atoms with Gasteiger partial charge in [-0.05, 0) is 60.5 Å². The Bertz CT molecular complexity index is 984. The van der Waals surface area contributed by atoms with Crippen LogP contribution < -0.4 is 10.6 Å². The SMILES string of the molecule is Cc1cccc(NC(=O)NC(=O)Cn2nnc(-c3ccc(Cl)cc3)n2)c1C. The molecule has 0 aliphatic carbocycles. The maximum Gasteiger partial charge on any atom is 0.325 e. The van der Waals surface area contributed by atoms with Gasteiger partial charge in [0.1, 0.15) is 6.54 Å². The third-order valence-electron chi connectivity index (χ3n) is 3.95. The summed E-state index contributed by atoms with van der Waals surface area (Å²) in [5.74, 6) is -0.197. The lowest BCUT2D eigenvalue weighted by atomic mass is 10.1. The van der Waals surface area contributed by atoms with Crippen molar-refractivity contribution < 1.29 is 9.59 Å². The number of urea groups is 1.